The maximum Gasteiger partial charge on any atom is 0.436 e. The van der Waals surface area contributed by atoms with E-state index < -0.39 is 53.9 Å². The molecule has 1 amide bonds. The number of nitrogens with two attached hydrogens (primary N) is 3. The number of aromatic nitrogens is 8. The third-order valence-electron chi connectivity index (χ3n) is 10.4. The molecule has 0 saturated heterocycles. The molecule has 0 saturated carbocycles. The van der Waals surface area contributed by atoms with Crippen LogP contribution in [0.25, 0.3) is 21.8 Å². The van der Waals surface area contributed by atoms with E-state index in [1.54, 1.807) is 68.4 Å². The Kier molecular flexibility index (Phi) is 17.1. The number of aryl methyl sites for hydroxylation is 4. The van der Waals surface area contributed by atoms with Crippen LogP contribution in [-0.4, -0.2) is 63.6 Å². The predicted octanol–water partition coefficient (Wildman–Crippen LogP) is 9.85. The van der Waals surface area contributed by atoms with Gasteiger partial charge in [0, 0.05) is 60.0 Å². The zero-order valence-corrected chi connectivity index (χ0v) is 39.6. The van der Waals surface area contributed by atoms with E-state index in [2.05, 4.69) is 35.5 Å². The summed E-state index contributed by atoms with van der Waals surface area (Å²) in [6.07, 6.45) is -4.66. The van der Waals surface area contributed by atoms with Crippen molar-refractivity contribution in [3.8, 4) is 0 Å². The molecule has 0 aliphatic carbocycles. The summed E-state index contributed by atoms with van der Waals surface area (Å²) >= 11 is 11.9. The zero-order valence-electron chi connectivity index (χ0n) is 39.1. The maximum atomic E-state index is 13.6. The van der Waals surface area contributed by atoms with Gasteiger partial charge in [-0.3, -0.25) is 28.5 Å². The van der Waals surface area contributed by atoms with Crippen LogP contribution in [0.2, 0.25) is 10.0 Å². The quantitative estimate of drug-likeness (QED) is 0.0851. The molecular weight excluding hydrogens is 984 g/mol. The van der Waals surface area contributed by atoms with Gasteiger partial charge >= 0.3 is 18.3 Å². The van der Waals surface area contributed by atoms with Gasteiger partial charge in [-0.1, -0.05) is 35.3 Å². The number of aromatic carboxylic acids is 1. The van der Waals surface area contributed by atoms with Crippen LogP contribution < -0.4 is 22.5 Å². The molecule has 24 heteroatoms. The second kappa shape index (κ2) is 23.0. The molecule has 2 aromatic carbocycles. The van der Waals surface area contributed by atoms with Crippen LogP contribution >= 0.6 is 23.2 Å². The van der Waals surface area contributed by atoms with Gasteiger partial charge in [0.1, 0.15) is 17.2 Å². The lowest BCUT2D eigenvalue weighted by Crippen LogP contribution is -2.26. The fraction of sp³-hybridized carbons (Fsp3) is 0.234. The highest BCUT2D eigenvalue weighted by Crippen LogP contribution is 2.33. The lowest BCUT2D eigenvalue weighted by molar-refractivity contribution is -0.142. The summed E-state index contributed by atoms with van der Waals surface area (Å²) in [5.74, 6) is -1.67. The molecule has 6 aromatic heterocycles. The van der Waals surface area contributed by atoms with Crippen LogP contribution in [-0.2, 0) is 38.5 Å². The van der Waals surface area contributed by atoms with Crippen molar-refractivity contribution in [3.05, 3.63) is 163 Å². The average Bonchev–Trinajstić information content (AvgIpc) is 3.92. The van der Waals surface area contributed by atoms with Crippen molar-refractivity contribution < 1.29 is 46.8 Å². The van der Waals surface area contributed by atoms with E-state index in [0.717, 1.165) is 54.9 Å². The third kappa shape index (κ3) is 14.1. The number of carbonyl (C=O) groups is 2. The van der Waals surface area contributed by atoms with E-state index in [1.807, 2.05) is 19.9 Å². The van der Waals surface area contributed by atoms with Crippen molar-refractivity contribution in [1.29, 1.82) is 0 Å². The normalized spacial score (nSPS) is 11.4. The van der Waals surface area contributed by atoms with Gasteiger partial charge in [-0.25, -0.2) is 14.8 Å². The Morgan fingerprint density at radius 2 is 1.13 bits per heavy atom. The van der Waals surface area contributed by atoms with Crippen molar-refractivity contribution in [1.82, 2.24) is 44.8 Å². The first kappa shape index (κ1) is 52.9. The fourth-order valence-corrected chi connectivity index (χ4v) is 7.57. The van der Waals surface area contributed by atoms with Gasteiger partial charge in [0.05, 0.1) is 48.3 Å². The van der Waals surface area contributed by atoms with Gasteiger partial charge in [-0.15, -0.1) is 0 Å². The average molecular weight is 1030 g/mol. The van der Waals surface area contributed by atoms with Gasteiger partial charge in [0.25, 0.3) is 5.91 Å². The number of amides is 1. The number of carbonyl (C=O) groups excluding carboxylic acids is 1. The molecular formula is C47H45Cl2F7N12O3. The molecule has 0 aliphatic heterocycles. The minimum absolute atomic E-state index is 0.00465. The lowest BCUT2D eigenvalue weighted by Gasteiger charge is -2.12. The van der Waals surface area contributed by atoms with Crippen LogP contribution in [0.4, 0.5) is 42.4 Å². The number of fused-ring (bicyclic) bond motifs is 2. The Labute approximate surface area is 412 Å². The van der Waals surface area contributed by atoms with Crippen molar-refractivity contribution in [2.24, 2.45) is 5.73 Å². The zero-order chi connectivity index (χ0) is 53.2. The summed E-state index contributed by atoms with van der Waals surface area (Å²) in [5, 5.41) is 20.8. The number of nitrogen functional groups attached to an aromatic ring is 2. The highest BCUT2D eigenvalue weighted by molar-refractivity contribution is 6.31. The van der Waals surface area contributed by atoms with Crippen LogP contribution in [0.15, 0.2) is 85.5 Å². The van der Waals surface area contributed by atoms with Gasteiger partial charge in [-0.05, 0) is 110 Å². The summed E-state index contributed by atoms with van der Waals surface area (Å²) in [6.45, 7) is 7.97. The molecule has 8 rings (SSSR count). The Hall–Kier alpha value is -7.43. The van der Waals surface area contributed by atoms with Crippen LogP contribution in [0, 0.1) is 27.7 Å². The maximum absolute atomic E-state index is 13.6. The molecule has 0 atom stereocenters. The molecule has 0 radical (unpaired) electrons. The third-order valence-corrected chi connectivity index (χ3v) is 10.8. The molecule has 0 bridgehead atoms. The summed E-state index contributed by atoms with van der Waals surface area (Å²) in [5.41, 5.74) is 20.6. The number of nitrogens with one attached hydrogen (secondary N) is 1. The minimum atomic E-state index is -4.83. The van der Waals surface area contributed by atoms with Crippen molar-refractivity contribution in [3.63, 3.8) is 0 Å². The smallest absolute Gasteiger partial charge is 0.436 e. The van der Waals surface area contributed by atoms with E-state index in [4.69, 9.17) is 46.9 Å². The summed E-state index contributed by atoms with van der Waals surface area (Å²) < 4.78 is 97.0. The van der Waals surface area contributed by atoms with E-state index in [9.17, 15) is 40.3 Å². The molecule has 8 aromatic rings. The number of halogens is 9. The first-order valence-electron chi connectivity index (χ1n) is 21.4. The van der Waals surface area contributed by atoms with Crippen LogP contribution in [0.5, 0.6) is 0 Å². The Balaban J connectivity index is 0.000000218. The van der Waals surface area contributed by atoms with Gasteiger partial charge in [0.15, 0.2) is 11.4 Å². The summed E-state index contributed by atoms with van der Waals surface area (Å²) in [6, 6.07) is 17.2. The summed E-state index contributed by atoms with van der Waals surface area (Å²) in [4.78, 5) is 40.3. The van der Waals surface area contributed by atoms with Gasteiger partial charge < -0.3 is 27.6 Å². The molecule has 8 N–H and O–H groups in total. The number of hydrogen-bond acceptors (Lipinski definition) is 11. The number of pyridine rings is 4. The number of hydrogen-bond donors (Lipinski definition) is 5. The molecule has 15 nitrogen and oxygen atoms in total. The van der Waals surface area contributed by atoms with E-state index >= 15 is 0 Å². The lowest BCUT2D eigenvalue weighted by atomic mass is 10.1. The number of alkyl halides is 7. The minimum Gasteiger partial charge on any atom is -0.478 e. The van der Waals surface area contributed by atoms with Crippen LogP contribution in [0.3, 0.4) is 0 Å². The van der Waals surface area contributed by atoms with Crippen LogP contribution in [0.1, 0.15) is 78.2 Å². The first-order chi connectivity index (χ1) is 33.8. The van der Waals surface area contributed by atoms with Crippen molar-refractivity contribution in [2.75, 3.05) is 18.6 Å². The Morgan fingerprint density at radius 1 is 0.704 bits per heavy atom. The molecule has 6 heterocycles. The highest BCUT2D eigenvalue weighted by atomic mass is 35.5. The molecule has 0 aliphatic rings. The number of anilines is 2. The topological polar surface area (TPSA) is 232 Å². The second-order valence-corrected chi connectivity index (χ2v) is 16.5. The predicted molar refractivity (Wildman–Crippen MR) is 255 cm³/mol. The van der Waals surface area contributed by atoms with E-state index in [0.29, 0.717) is 61.6 Å². The SMILES string of the molecule is Cc1cc(N)nc(C)c1CN.Cc1cc(N)nc(C)c1CNC(=O)c1cn(Cc2ccc3ncc(Cl)cc3c2)nc1C(F)(F)F.O=C(O)c1cn(Cc2ccc3ncc(Cl)cc3c2)nc1C(F)(F)F.[2H]CF. The molecule has 71 heavy (non-hydrogen) atoms. The van der Waals surface area contributed by atoms with Crippen molar-refractivity contribution >= 4 is 68.5 Å². The van der Waals surface area contributed by atoms with E-state index in [1.165, 1.54) is 12.4 Å². The van der Waals surface area contributed by atoms with Gasteiger partial charge in [-0.2, -0.15) is 36.5 Å². The van der Waals surface area contributed by atoms with Crippen molar-refractivity contribution in [2.45, 2.75) is 66.2 Å². The fourth-order valence-electron chi connectivity index (χ4n) is 7.24. The van der Waals surface area contributed by atoms with E-state index in [-0.39, 0.29) is 19.6 Å². The molecule has 0 spiro atoms. The number of benzene rings is 2. The first-order valence-corrected chi connectivity index (χ1v) is 21.5. The summed E-state index contributed by atoms with van der Waals surface area (Å²) in [7, 11) is -1.00. The Bertz CT molecular complexity index is 3200. The second-order valence-electron chi connectivity index (χ2n) is 15.6. The van der Waals surface area contributed by atoms with Gasteiger partial charge in [0.2, 0.25) is 0 Å². The molecule has 0 fully saturated rings. The largest absolute Gasteiger partial charge is 0.478 e. The standard InChI is InChI=1S/C23H20ClF3N6O.C15H9ClF3N3O2.C8H13N3.CH3F/c1-12-5-20(28)31-13(2)17(12)9-30-22(34)18-11-33(32-21(18)23(25,26)27)10-14-3-4-19-15(6-14)7-16(24)8-29-19;16-10-4-9-3-8(1-2-12(9)20-5-10)6-22-7-11(14(23)24)13(21-22)15(17,18)19;1-5-3-8(10)11-6(2)7(5)4-9;1-2/h3-8,11H,9-10H2,1-2H3,(H2,28,31)(H,30,34);1-5,7H,6H2,(H,23,24);3H,4,9H2,1-2H3,(H2,10,11);1H3/i;;;1D. The number of rotatable bonds is 9. The number of nitrogens with zero attached hydrogens (tertiary/aromatic N) is 8. The number of carboxylic acid groups (broad SMARTS) is 1. The molecule has 0 unspecified atom stereocenters. The number of carboxylic acids is 1. The monoisotopic (exact) mass is 1030 g/mol. The highest BCUT2D eigenvalue weighted by Gasteiger charge is 2.40. The molecule has 374 valence electrons. The Morgan fingerprint density at radius 3 is 1.52 bits per heavy atom.